The number of amides is 2. The Balaban J connectivity index is 1.29. The first-order valence-electron chi connectivity index (χ1n) is 12.7. The van der Waals surface area contributed by atoms with Gasteiger partial charge in [0.05, 0.1) is 11.7 Å². The second-order valence-electron chi connectivity index (χ2n) is 10.9. The topological polar surface area (TPSA) is 87.9 Å². The number of benzene rings is 1. The fourth-order valence-electron chi connectivity index (χ4n) is 5.45. The number of nitrogens with zero attached hydrogens (tertiary/aromatic N) is 4. The molecule has 2 fully saturated rings. The maximum atomic E-state index is 12.8. The van der Waals surface area contributed by atoms with E-state index < -0.39 is 6.09 Å². The second kappa shape index (κ2) is 9.48. The first-order chi connectivity index (χ1) is 17.2. The SMILES string of the molecule is CC(C)(C)C1CC(Oc2ccc(-n3ccc4cc(C(=O)N5CCCC5)ccc43)nc2)CCN1C(=O)O. The van der Waals surface area contributed by atoms with E-state index in [0.717, 1.165) is 48.2 Å². The normalized spacial score (nSPS) is 20.6. The molecule has 8 heteroatoms. The molecule has 0 aliphatic carbocycles. The molecule has 2 amide bonds. The number of piperidine rings is 1. The van der Waals surface area contributed by atoms with E-state index in [4.69, 9.17) is 4.74 Å². The molecule has 0 radical (unpaired) electrons. The Kier molecular flexibility index (Phi) is 6.36. The van der Waals surface area contributed by atoms with Gasteiger partial charge in [0.15, 0.2) is 0 Å². The van der Waals surface area contributed by atoms with Crippen LogP contribution in [0.1, 0.15) is 56.8 Å². The molecule has 2 unspecified atom stereocenters. The van der Waals surface area contributed by atoms with Gasteiger partial charge in [-0.3, -0.25) is 4.79 Å². The van der Waals surface area contributed by atoms with Gasteiger partial charge in [-0.1, -0.05) is 20.8 Å². The van der Waals surface area contributed by atoms with Crippen LogP contribution in [-0.4, -0.2) is 68.2 Å². The van der Waals surface area contributed by atoms with Crippen molar-refractivity contribution in [3.63, 3.8) is 0 Å². The molecule has 0 saturated carbocycles. The summed E-state index contributed by atoms with van der Waals surface area (Å²) in [5, 5.41) is 10.6. The van der Waals surface area contributed by atoms with Gasteiger partial charge in [-0.05, 0) is 54.7 Å². The molecule has 2 aromatic heterocycles. The fourth-order valence-corrected chi connectivity index (χ4v) is 5.45. The number of rotatable bonds is 4. The van der Waals surface area contributed by atoms with Crippen LogP contribution in [-0.2, 0) is 0 Å². The number of aromatic nitrogens is 2. The predicted molar refractivity (Wildman–Crippen MR) is 138 cm³/mol. The molecule has 0 bridgehead atoms. The molecule has 8 nitrogen and oxygen atoms in total. The van der Waals surface area contributed by atoms with E-state index in [1.54, 1.807) is 11.1 Å². The van der Waals surface area contributed by atoms with E-state index >= 15 is 0 Å². The summed E-state index contributed by atoms with van der Waals surface area (Å²) in [6, 6.07) is 11.6. The zero-order valence-electron chi connectivity index (χ0n) is 21.2. The van der Waals surface area contributed by atoms with Gasteiger partial charge in [-0.15, -0.1) is 0 Å². The highest BCUT2D eigenvalue weighted by Crippen LogP contribution is 2.34. The van der Waals surface area contributed by atoms with Gasteiger partial charge in [0.2, 0.25) is 0 Å². The van der Waals surface area contributed by atoms with E-state index in [0.29, 0.717) is 25.1 Å². The third-order valence-electron chi connectivity index (χ3n) is 7.40. The Morgan fingerprint density at radius 2 is 1.83 bits per heavy atom. The number of carbonyl (C=O) groups excluding carboxylic acids is 1. The molecule has 1 N–H and O–H groups in total. The predicted octanol–water partition coefficient (Wildman–Crippen LogP) is 5.20. The van der Waals surface area contributed by atoms with Crippen molar-refractivity contribution in [2.45, 2.75) is 58.6 Å². The Hall–Kier alpha value is -3.55. The van der Waals surface area contributed by atoms with E-state index in [1.807, 2.05) is 52.1 Å². The number of hydrogen-bond acceptors (Lipinski definition) is 4. The Labute approximate surface area is 211 Å². The van der Waals surface area contributed by atoms with Gasteiger partial charge in [-0.2, -0.15) is 0 Å². The van der Waals surface area contributed by atoms with Gasteiger partial charge in [-0.25, -0.2) is 9.78 Å². The van der Waals surface area contributed by atoms with E-state index in [2.05, 4.69) is 25.8 Å². The Bertz CT molecular complexity index is 1250. The van der Waals surface area contributed by atoms with Gasteiger partial charge in [0.1, 0.15) is 17.7 Å². The molecular weight excluding hydrogens is 456 g/mol. The third-order valence-corrected chi connectivity index (χ3v) is 7.40. The van der Waals surface area contributed by atoms with Crippen molar-refractivity contribution < 1.29 is 19.4 Å². The number of hydrogen-bond donors (Lipinski definition) is 1. The van der Waals surface area contributed by atoms with Crippen LogP contribution in [0.25, 0.3) is 16.7 Å². The Morgan fingerprint density at radius 1 is 1.06 bits per heavy atom. The van der Waals surface area contributed by atoms with Crippen molar-refractivity contribution in [1.29, 1.82) is 0 Å². The van der Waals surface area contributed by atoms with E-state index in [9.17, 15) is 14.7 Å². The monoisotopic (exact) mass is 490 g/mol. The van der Waals surface area contributed by atoms with Crippen molar-refractivity contribution in [2.75, 3.05) is 19.6 Å². The second-order valence-corrected chi connectivity index (χ2v) is 10.9. The molecular formula is C28H34N4O4. The lowest BCUT2D eigenvalue weighted by Crippen LogP contribution is -2.53. The lowest BCUT2D eigenvalue weighted by Gasteiger charge is -2.44. The highest BCUT2D eigenvalue weighted by molar-refractivity contribution is 5.98. The van der Waals surface area contributed by atoms with Crippen LogP contribution in [0, 0.1) is 5.41 Å². The van der Waals surface area contributed by atoms with Crippen LogP contribution in [0.5, 0.6) is 5.75 Å². The summed E-state index contributed by atoms with van der Waals surface area (Å²) in [4.78, 5) is 32.5. The van der Waals surface area contributed by atoms with Crippen LogP contribution in [0.2, 0.25) is 0 Å². The van der Waals surface area contributed by atoms with E-state index in [-0.39, 0.29) is 23.5 Å². The quantitative estimate of drug-likeness (QED) is 0.543. The highest BCUT2D eigenvalue weighted by Gasteiger charge is 2.39. The average Bonchev–Trinajstić information content (AvgIpc) is 3.53. The maximum absolute atomic E-state index is 12.8. The summed E-state index contributed by atoms with van der Waals surface area (Å²) >= 11 is 0. The van der Waals surface area contributed by atoms with Crippen molar-refractivity contribution >= 4 is 22.9 Å². The number of fused-ring (bicyclic) bond motifs is 1. The molecule has 2 aliphatic heterocycles. The maximum Gasteiger partial charge on any atom is 0.407 e. The molecule has 2 aliphatic rings. The molecule has 1 aromatic carbocycles. The van der Waals surface area contributed by atoms with Crippen LogP contribution >= 0.6 is 0 Å². The highest BCUT2D eigenvalue weighted by atomic mass is 16.5. The standard InChI is InChI=1S/C28H34N4O4/c1-28(2,3)24-17-21(11-15-32(24)27(34)35)36-22-7-9-25(29-18-22)31-14-10-19-16-20(6-8-23(19)31)26(33)30-12-4-5-13-30/h6-10,14,16,18,21,24H,4-5,11-13,15,17H2,1-3H3,(H,34,35). The van der Waals surface area contributed by atoms with Gasteiger partial charge in [0, 0.05) is 55.7 Å². The molecule has 0 spiro atoms. The summed E-state index contributed by atoms with van der Waals surface area (Å²) in [6.07, 6.45) is 6.22. The summed E-state index contributed by atoms with van der Waals surface area (Å²) in [5.74, 6) is 1.55. The molecule has 2 saturated heterocycles. The van der Waals surface area contributed by atoms with Crippen LogP contribution in [0.4, 0.5) is 4.79 Å². The van der Waals surface area contributed by atoms with Crippen LogP contribution in [0.3, 0.4) is 0 Å². The van der Waals surface area contributed by atoms with Gasteiger partial charge in [0.25, 0.3) is 5.91 Å². The lowest BCUT2D eigenvalue weighted by atomic mass is 9.80. The van der Waals surface area contributed by atoms with Crippen LogP contribution in [0.15, 0.2) is 48.8 Å². The molecule has 5 rings (SSSR count). The average molecular weight is 491 g/mol. The number of ether oxygens (including phenoxy) is 1. The molecule has 2 atom stereocenters. The zero-order chi connectivity index (χ0) is 25.4. The minimum Gasteiger partial charge on any atom is -0.489 e. The number of carbonyl (C=O) groups is 2. The minimum absolute atomic E-state index is 0.0588. The lowest BCUT2D eigenvalue weighted by molar-refractivity contribution is 0.0129. The molecule has 190 valence electrons. The first-order valence-corrected chi connectivity index (χ1v) is 12.7. The Morgan fingerprint density at radius 3 is 2.50 bits per heavy atom. The summed E-state index contributed by atoms with van der Waals surface area (Å²) in [7, 11) is 0. The van der Waals surface area contributed by atoms with Gasteiger partial charge < -0.3 is 24.2 Å². The van der Waals surface area contributed by atoms with Crippen molar-refractivity contribution in [2.24, 2.45) is 5.41 Å². The smallest absolute Gasteiger partial charge is 0.407 e. The molecule has 3 aromatic rings. The summed E-state index contributed by atoms with van der Waals surface area (Å²) in [5.41, 5.74) is 1.54. The van der Waals surface area contributed by atoms with Crippen molar-refractivity contribution in [3.8, 4) is 11.6 Å². The molecule has 4 heterocycles. The number of pyridine rings is 1. The van der Waals surface area contributed by atoms with Crippen molar-refractivity contribution in [3.05, 3.63) is 54.4 Å². The molecule has 36 heavy (non-hydrogen) atoms. The van der Waals surface area contributed by atoms with Crippen LogP contribution < -0.4 is 4.74 Å². The van der Waals surface area contributed by atoms with E-state index in [1.165, 1.54) is 0 Å². The van der Waals surface area contributed by atoms with Crippen molar-refractivity contribution in [1.82, 2.24) is 19.4 Å². The van der Waals surface area contributed by atoms with Gasteiger partial charge >= 0.3 is 6.09 Å². The third kappa shape index (κ3) is 4.76. The summed E-state index contributed by atoms with van der Waals surface area (Å²) in [6.45, 7) is 8.35. The summed E-state index contributed by atoms with van der Waals surface area (Å²) < 4.78 is 8.23. The first kappa shape index (κ1) is 24.2. The largest absolute Gasteiger partial charge is 0.489 e. The zero-order valence-corrected chi connectivity index (χ0v) is 21.2. The number of carboxylic acid groups (broad SMARTS) is 1. The fraction of sp³-hybridized carbons (Fsp3) is 0.464. The minimum atomic E-state index is -0.870. The number of likely N-dealkylation sites (tertiary alicyclic amines) is 2.